The number of halogens is 7. The first-order valence-electron chi connectivity index (χ1n) is 4.31. The van der Waals surface area contributed by atoms with Crippen molar-refractivity contribution in [2.24, 2.45) is 0 Å². The first kappa shape index (κ1) is 16.0. The monoisotopic (exact) mass is 270 g/mol. The molecule has 0 bridgehead atoms. The van der Waals surface area contributed by atoms with Crippen molar-refractivity contribution in [1.82, 2.24) is 0 Å². The quantitative estimate of drug-likeness (QED) is 0.548. The SMILES string of the molecule is CC(=O)OCCC(F)(F)C(F)(F)C(F)(F)CF. The van der Waals surface area contributed by atoms with Gasteiger partial charge in [0.1, 0.15) is 0 Å². The summed E-state index contributed by atoms with van der Waals surface area (Å²) < 4.78 is 90.9. The van der Waals surface area contributed by atoms with Crippen molar-refractivity contribution in [1.29, 1.82) is 0 Å². The molecule has 0 aromatic heterocycles. The fraction of sp³-hybridized carbons (Fsp3) is 0.875. The van der Waals surface area contributed by atoms with Crippen molar-refractivity contribution in [2.75, 3.05) is 13.3 Å². The Morgan fingerprint density at radius 2 is 1.53 bits per heavy atom. The second-order valence-corrected chi connectivity index (χ2v) is 3.21. The predicted molar refractivity (Wildman–Crippen MR) is 42.1 cm³/mol. The molecule has 0 saturated carbocycles. The highest BCUT2D eigenvalue weighted by Crippen LogP contribution is 2.47. The van der Waals surface area contributed by atoms with E-state index in [4.69, 9.17) is 0 Å². The Morgan fingerprint density at radius 3 is 1.88 bits per heavy atom. The van der Waals surface area contributed by atoms with Crippen LogP contribution in [-0.4, -0.2) is 37.0 Å². The van der Waals surface area contributed by atoms with Crippen molar-refractivity contribution in [2.45, 2.75) is 31.1 Å². The number of ether oxygens (including phenoxy) is 1. The second kappa shape index (κ2) is 5.09. The van der Waals surface area contributed by atoms with Gasteiger partial charge in [-0.05, 0) is 0 Å². The van der Waals surface area contributed by atoms with Crippen LogP contribution in [0.5, 0.6) is 0 Å². The number of carbonyl (C=O) groups excluding carboxylic acids is 1. The lowest BCUT2D eigenvalue weighted by atomic mass is 10.0. The first-order chi connectivity index (χ1) is 7.48. The third kappa shape index (κ3) is 3.47. The van der Waals surface area contributed by atoms with Crippen molar-refractivity contribution in [3.05, 3.63) is 0 Å². The fourth-order valence-electron chi connectivity index (χ4n) is 0.831. The van der Waals surface area contributed by atoms with E-state index < -0.39 is 43.4 Å². The van der Waals surface area contributed by atoms with Gasteiger partial charge in [0, 0.05) is 6.92 Å². The minimum absolute atomic E-state index is 0.826. The van der Waals surface area contributed by atoms with Crippen LogP contribution in [-0.2, 0) is 9.53 Å². The molecule has 17 heavy (non-hydrogen) atoms. The van der Waals surface area contributed by atoms with Crippen molar-refractivity contribution < 1.29 is 40.3 Å². The molecule has 0 atom stereocenters. The van der Waals surface area contributed by atoms with Gasteiger partial charge >= 0.3 is 23.7 Å². The second-order valence-electron chi connectivity index (χ2n) is 3.21. The van der Waals surface area contributed by atoms with Crippen LogP contribution in [0.25, 0.3) is 0 Å². The van der Waals surface area contributed by atoms with E-state index in [1.54, 1.807) is 0 Å². The molecule has 0 N–H and O–H groups in total. The Labute approximate surface area is 91.7 Å². The van der Waals surface area contributed by atoms with Gasteiger partial charge in [0.25, 0.3) is 0 Å². The fourth-order valence-corrected chi connectivity index (χ4v) is 0.831. The third-order valence-corrected chi connectivity index (χ3v) is 1.81. The van der Waals surface area contributed by atoms with E-state index in [-0.39, 0.29) is 0 Å². The number of alkyl halides is 7. The van der Waals surface area contributed by atoms with Crippen LogP contribution in [0.2, 0.25) is 0 Å². The summed E-state index contributed by atoms with van der Waals surface area (Å²) >= 11 is 0. The standard InChI is InChI=1S/C8H9F7O2/c1-5(16)17-3-2-6(10,11)8(14,15)7(12,13)4-9/h2-4H2,1H3. The zero-order valence-corrected chi connectivity index (χ0v) is 8.58. The number of esters is 1. The minimum atomic E-state index is -5.85. The average molecular weight is 270 g/mol. The summed E-state index contributed by atoms with van der Waals surface area (Å²) in [5, 5.41) is 0. The molecule has 0 aromatic carbocycles. The minimum Gasteiger partial charge on any atom is -0.466 e. The van der Waals surface area contributed by atoms with E-state index >= 15 is 0 Å². The molecule has 2 nitrogen and oxygen atoms in total. The van der Waals surface area contributed by atoms with Crippen LogP contribution in [0.4, 0.5) is 30.7 Å². The van der Waals surface area contributed by atoms with Gasteiger partial charge in [-0.2, -0.15) is 26.3 Å². The van der Waals surface area contributed by atoms with Gasteiger partial charge in [0.05, 0.1) is 13.0 Å². The molecule has 9 heteroatoms. The number of hydrogen-bond donors (Lipinski definition) is 0. The van der Waals surface area contributed by atoms with Crippen LogP contribution in [0, 0.1) is 0 Å². The lowest BCUT2D eigenvalue weighted by molar-refractivity contribution is -0.314. The lowest BCUT2D eigenvalue weighted by Crippen LogP contribution is -2.55. The molecule has 0 unspecified atom stereocenters. The average Bonchev–Trinajstić information content (AvgIpc) is 2.16. The van der Waals surface area contributed by atoms with Gasteiger partial charge in [-0.15, -0.1) is 0 Å². The maximum absolute atomic E-state index is 12.7. The molecule has 0 saturated heterocycles. The maximum atomic E-state index is 12.7. The van der Waals surface area contributed by atoms with E-state index in [1.807, 2.05) is 0 Å². The smallest absolute Gasteiger partial charge is 0.374 e. The highest BCUT2D eigenvalue weighted by atomic mass is 19.3. The van der Waals surface area contributed by atoms with Gasteiger partial charge in [-0.3, -0.25) is 4.79 Å². The van der Waals surface area contributed by atoms with E-state index in [9.17, 15) is 35.5 Å². The first-order valence-corrected chi connectivity index (χ1v) is 4.31. The van der Waals surface area contributed by atoms with E-state index in [2.05, 4.69) is 4.74 Å². The molecule has 102 valence electrons. The molecule has 0 aliphatic carbocycles. The Balaban J connectivity index is 4.73. The van der Waals surface area contributed by atoms with E-state index in [0.717, 1.165) is 6.92 Å². The molecule has 0 rings (SSSR count). The molecule has 0 spiro atoms. The van der Waals surface area contributed by atoms with Crippen LogP contribution < -0.4 is 0 Å². The number of carbonyl (C=O) groups is 1. The predicted octanol–water partition coefficient (Wildman–Crippen LogP) is 2.82. The summed E-state index contributed by atoms with van der Waals surface area (Å²) in [5.41, 5.74) is 0. The molecular weight excluding hydrogens is 261 g/mol. The number of rotatable bonds is 6. The molecule has 0 radical (unpaired) electrons. The van der Waals surface area contributed by atoms with Gasteiger partial charge in [-0.25, -0.2) is 4.39 Å². The summed E-state index contributed by atoms with van der Waals surface area (Å²) in [7, 11) is 0. The molecular formula is C8H9F7O2. The molecule has 0 aliphatic rings. The largest absolute Gasteiger partial charge is 0.466 e. The summed E-state index contributed by atoms with van der Waals surface area (Å²) in [5.74, 6) is -17.5. The number of hydrogen-bond acceptors (Lipinski definition) is 2. The lowest BCUT2D eigenvalue weighted by Gasteiger charge is -2.31. The van der Waals surface area contributed by atoms with Gasteiger partial charge in [-0.1, -0.05) is 0 Å². The van der Waals surface area contributed by atoms with Crippen molar-refractivity contribution in [3.63, 3.8) is 0 Å². The Morgan fingerprint density at radius 1 is 1.06 bits per heavy atom. The topological polar surface area (TPSA) is 26.3 Å². The summed E-state index contributed by atoms with van der Waals surface area (Å²) in [6.45, 7) is -3.25. The van der Waals surface area contributed by atoms with Gasteiger partial charge in [0.15, 0.2) is 6.67 Å². The Kier molecular flexibility index (Phi) is 4.79. The van der Waals surface area contributed by atoms with E-state index in [0.29, 0.717) is 0 Å². The Hall–Kier alpha value is -1.02. The van der Waals surface area contributed by atoms with Crippen LogP contribution in [0.3, 0.4) is 0 Å². The van der Waals surface area contributed by atoms with E-state index in [1.165, 1.54) is 0 Å². The molecule has 0 heterocycles. The zero-order chi connectivity index (χ0) is 13.9. The summed E-state index contributed by atoms with van der Waals surface area (Å²) in [4.78, 5) is 10.2. The molecule has 0 aliphatic heterocycles. The third-order valence-electron chi connectivity index (χ3n) is 1.81. The van der Waals surface area contributed by atoms with Crippen LogP contribution in [0.15, 0.2) is 0 Å². The van der Waals surface area contributed by atoms with Crippen LogP contribution >= 0.6 is 0 Å². The van der Waals surface area contributed by atoms with Gasteiger partial charge < -0.3 is 4.74 Å². The van der Waals surface area contributed by atoms with Crippen molar-refractivity contribution >= 4 is 5.97 Å². The van der Waals surface area contributed by atoms with Crippen LogP contribution in [0.1, 0.15) is 13.3 Å². The summed E-state index contributed by atoms with van der Waals surface area (Å²) in [6, 6.07) is 0. The summed E-state index contributed by atoms with van der Waals surface area (Å²) in [6.07, 6.45) is -1.82. The molecule has 0 fully saturated rings. The zero-order valence-electron chi connectivity index (χ0n) is 8.58. The highest BCUT2D eigenvalue weighted by molar-refractivity contribution is 5.65. The molecule has 0 amide bonds. The Bertz CT molecular complexity index is 277. The molecule has 0 aromatic rings. The van der Waals surface area contributed by atoms with Gasteiger partial charge in [0.2, 0.25) is 0 Å². The normalized spacial score (nSPS) is 13.6. The maximum Gasteiger partial charge on any atom is 0.374 e. The highest BCUT2D eigenvalue weighted by Gasteiger charge is 2.71. The van der Waals surface area contributed by atoms with Crippen molar-refractivity contribution in [3.8, 4) is 0 Å².